The molecule has 0 aliphatic heterocycles. The summed E-state index contributed by atoms with van der Waals surface area (Å²) in [6.07, 6.45) is 1.91. The number of halogens is 1. The highest BCUT2D eigenvalue weighted by molar-refractivity contribution is 7.98. The molecule has 0 aromatic heterocycles. The van der Waals surface area contributed by atoms with Crippen LogP contribution in [-0.2, 0) is 6.54 Å². The molecule has 0 saturated heterocycles. The number of carbonyl (C=O) groups excluding carboxylic acids is 1. The second-order valence-electron chi connectivity index (χ2n) is 4.70. The van der Waals surface area contributed by atoms with Crippen LogP contribution in [0.2, 0.25) is 0 Å². The number of nitrogens with one attached hydrogen (secondary N) is 1. The number of amides is 1. The predicted molar refractivity (Wildman–Crippen MR) is 75.6 cm³/mol. The third-order valence-corrected chi connectivity index (χ3v) is 3.52. The highest BCUT2D eigenvalue weighted by Crippen LogP contribution is 2.12. The van der Waals surface area contributed by atoms with Gasteiger partial charge in [0.05, 0.1) is 5.60 Å². The predicted octanol–water partition coefficient (Wildman–Crippen LogP) is 1.13. The van der Waals surface area contributed by atoms with Gasteiger partial charge in [-0.2, -0.15) is 11.8 Å². The summed E-state index contributed by atoms with van der Waals surface area (Å²) in [6.45, 7) is 2.38. The summed E-state index contributed by atoms with van der Waals surface area (Å²) in [5.74, 6) is -0.530. The zero-order valence-electron chi connectivity index (χ0n) is 11.1. The summed E-state index contributed by atoms with van der Waals surface area (Å²) < 4.78 is 13.7. The molecule has 1 amide bonds. The fourth-order valence-electron chi connectivity index (χ4n) is 1.67. The summed E-state index contributed by atoms with van der Waals surface area (Å²) in [5, 5.41) is 12.9. The molecule has 6 heteroatoms. The first-order chi connectivity index (χ1) is 8.85. The van der Waals surface area contributed by atoms with Crippen molar-refractivity contribution < 1.29 is 14.3 Å². The van der Waals surface area contributed by atoms with Crippen LogP contribution in [0, 0.1) is 5.82 Å². The molecule has 0 bridgehead atoms. The van der Waals surface area contributed by atoms with Crippen LogP contribution in [0.1, 0.15) is 22.8 Å². The Morgan fingerprint density at radius 1 is 1.58 bits per heavy atom. The van der Waals surface area contributed by atoms with E-state index in [1.807, 2.05) is 6.26 Å². The van der Waals surface area contributed by atoms with Gasteiger partial charge in [0.25, 0.3) is 0 Å². The zero-order chi connectivity index (χ0) is 14.5. The number of thioether (sulfide) groups is 1. The van der Waals surface area contributed by atoms with Crippen LogP contribution in [0.5, 0.6) is 0 Å². The van der Waals surface area contributed by atoms with Crippen molar-refractivity contribution in [3.8, 4) is 0 Å². The van der Waals surface area contributed by atoms with Gasteiger partial charge in [-0.25, -0.2) is 4.39 Å². The van der Waals surface area contributed by atoms with Crippen molar-refractivity contribution in [2.24, 2.45) is 5.73 Å². The topological polar surface area (TPSA) is 75.3 Å². The first-order valence-corrected chi connectivity index (χ1v) is 7.25. The molecule has 1 aromatic carbocycles. The first-order valence-electron chi connectivity index (χ1n) is 5.86. The lowest BCUT2D eigenvalue weighted by Crippen LogP contribution is -2.39. The molecule has 0 fully saturated rings. The Hall–Kier alpha value is -1.11. The second kappa shape index (κ2) is 6.88. The van der Waals surface area contributed by atoms with Gasteiger partial charge in [0, 0.05) is 30.0 Å². The van der Waals surface area contributed by atoms with Crippen molar-refractivity contribution in [2.75, 3.05) is 18.6 Å². The lowest BCUT2D eigenvalue weighted by Gasteiger charge is -2.22. The van der Waals surface area contributed by atoms with Crippen LogP contribution in [0.25, 0.3) is 0 Å². The summed E-state index contributed by atoms with van der Waals surface area (Å²) in [5.41, 5.74) is 4.82. The molecule has 19 heavy (non-hydrogen) atoms. The Morgan fingerprint density at radius 2 is 2.26 bits per heavy atom. The molecule has 106 valence electrons. The average molecular weight is 286 g/mol. The van der Waals surface area contributed by atoms with E-state index in [1.165, 1.54) is 12.1 Å². The van der Waals surface area contributed by atoms with Crippen LogP contribution >= 0.6 is 11.8 Å². The Bertz CT molecular complexity index is 452. The normalized spacial score (nSPS) is 14.1. The van der Waals surface area contributed by atoms with E-state index in [1.54, 1.807) is 18.7 Å². The van der Waals surface area contributed by atoms with E-state index in [0.29, 0.717) is 17.9 Å². The molecule has 0 radical (unpaired) electrons. The maximum absolute atomic E-state index is 13.7. The number of aliphatic hydroxyl groups is 1. The second-order valence-corrected chi connectivity index (χ2v) is 5.57. The molecule has 0 heterocycles. The van der Waals surface area contributed by atoms with E-state index in [0.717, 1.165) is 6.07 Å². The third-order valence-electron chi connectivity index (χ3n) is 2.61. The third kappa shape index (κ3) is 5.18. The van der Waals surface area contributed by atoms with Gasteiger partial charge in [-0.05, 0) is 25.3 Å². The fourth-order valence-corrected chi connectivity index (χ4v) is 2.40. The molecule has 1 unspecified atom stereocenters. The molecule has 1 atom stereocenters. The van der Waals surface area contributed by atoms with Crippen LogP contribution < -0.4 is 11.1 Å². The Kier molecular flexibility index (Phi) is 5.78. The molecular weight excluding hydrogens is 267 g/mol. The van der Waals surface area contributed by atoms with Crippen molar-refractivity contribution in [2.45, 2.75) is 19.1 Å². The lowest BCUT2D eigenvalue weighted by molar-refractivity contribution is 0.0845. The van der Waals surface area contributed by atoms with E-state index in [9.17, 15) is 14.3 Å². The maximum atomic E-state index is 13.7. The Morgan fingerprint density at radius 3 is 2.79 bits per heavy atom. The fraction of sp³-hybridized carbons (Fsp3) is 0.462. The summed E-state index contributed by atoms with van der Waals surface area (Å²) in [6, 6.07) is 4.13. The van der Waals surface area contributed by atoms with Crippen molar-refractivity contribution in [3.63, 3.8) is 0 Å². The number of rotatable bonds is 7. The van der Waals surface area contributed by atoms with Crippen molar-refractivity contribution in [1.82, 2.24) is 5.32 Å². The molecule has 0 spiro atoms. The summed E-state index contributed by atoms with van der Waals surface area (Å²) in [4.78, 5) is 10.9. The number of carbonyl (C=O) groups is 1. The van der Waals surface area contributed by atoms with Gasteiger partial charge in [0.1, 0.15) is 5.82 Å². The van der Waals surface area contributed by atoms with Gasteiger partial charge >= 0.3 is 0 Å². The van der Waals surface area contributed by atoms with Gasteiger partial charge < -0.3 is 16.2 Å². The van der Waals surface area contributed by atoms with Gasteiger partial charge in [0.15, 0.2) is 0 Å². The minimum Gasteiger partial charge on any atom is -0.388 e. The van der Waals surface area contributed by atoms with E-state index >= 15 is 0 Å². The minimum atomic E-state index is -0.830. The quantitative estimate of drug-likeness (QED) is 0.702. The number of nitrogens with two attached hydrogens (primary N) is 1. The Balaban J connectivity index is 2.57. The highest BCUT2D eigenvalue weighted by Gasteiger charge is 2.19. The standard InChI is InChI=1S/C13H19FN2O2S/c1-13(18,8-19-2)7-16-6-10-4-3-9(12(15)17)5-11(10)14/h3-5,16,18H,6-8H2,1-2H3,(H2,15,17). The van der Waals surface area contributed by atoms with E-state index in [4.69, 9.17) is 5.73 Å². The molecule has 4 nitrogen and oxygen atoms in total. The van der Waals surface area contributed by atoms with E-state index < -0.39 is 17.3 Å². The lowest BCUT2D eigenvalue weighted by atomic mass is 10.1. The number of primary amides is 1. The van der Waals surface area contributed by atoms with Crippen LogP contribution in [0.4, 0.5) is 4.39 Å². The first kappa shape index (κ1) is 15.9. The molecule has 0 aliphatic carbocycles. The maximum Gasteiger partial charge on any atom is 0.248 e. The molecule has 1 rings (SSSR count). The molecule has 1 aromatic rings. The SMILES string of the molecule is CSCC(C)(O)CNCc1ccc(C(N)=O)cc1F. The van der Waals surface area contributed by atoms with Gasteiger partial charge in [-0.3, -0.25) is 4.79 Å². The zero-order valence-corrected chi connectivity index (χ0v) is 11.9. The molecule has 0 aliphatic rings. The van der Waals surface area contributed by atoms with Gasteiger partial charge in [-0.15, -0.1) is 0 Å². The van der Waals surface area contributed by atoms with Crippen LogP contribution in [0.15, 0.2) is 18.2 Å². The average Bonchev–Trinajstić information content (AvgIpc) is 2.30. The van der Waals surface area contributed by atoms with Gasteiger partial charge in [-0.1, -0.05) is 6.07 Å². The smallest absolute Gasteiger partial charge is 0.248 e. The number of hydrogen-bond donors (Lipinski definition) is 3. The summed E-state index contributed by atoms with van der Waals surface area (Å²) >= 11 is 1.55. The van der Waals surface area contributed by atoms with Crippen molar-refractivity contribution in [3.05, 3.63) is 35.1 Å². The molecular formula is C13H19FN2O2S. The van der Waals surface area contributed by atoms with Gasteiger partial charge in [0.2, 0.25) is 5.91 Å². The minimum absolute atomic E-state index is 0.149. The van der Waals surface area contributed by atoms with Crippen LogP contribution in [0.3, 0.4) is 0 Å². The van der Waals surface area contributed by atoms with E-state index in [2.05, 4.69) is 5.32 Å². The van der Waals surface area contributed by atoms with E-state index in [-0.39, 0.29) is 12.1 Å². The number of benzene rings is 1. The summed E-state index contributed by atoms with van der Waals surface area (Å²) in [7, 11) is 0. The largest absolute Gasteiger partial charge is 0.388 e. The number of hydrogen-bond acceptors (Lipinski definition) is 4. The molecule has 4 N–H and O–H groups in total. The highest BCUT2D eigenvalue weighted by atomic mass is 32.2. The van der Waals surface area contributed by atoms with Crippen molar-refractivity contribution >= 4 is 17.7 Å². The monoisotopic (exact) mass is 286 g/mol. The van der Waals surface area contributed by atoms with Crippen molar-refractivity contribution in [1.29, 1.82) is 0 Å². The Labute approximate surface area is 116 Å². The van der Waals surface area contributed by atoms with Crippen LogP contribution in [-0.4, -0.2) is 35.2 Å². The molecule has 0 saturated carbocycles.